The highest BCUT2D eigenvalue weighted by atomic mass is 35.5. The van der Waals surface area contributed by atoms with E-state index in [-0.39, 0.29) is 11.7 Å². The lowest BCUT2D eigenvalue weighted by Gasteiger charge is -2.40. The van der Waals surface area contributed by atoms with Crippen molar-refractivity contribution < 1.29 is 5.11 Å². The summed E-state index contributed by atoms with van der Waals surface area (Å²) in [5, 5.41) is 19.3. The van der Waals surface area contributed by atoms with Crippen molar-refractivity contribution >= 4 is 11.6 Å². The number of hydrogen-bond acceptors (Lipinski definition) is 4. The molecule has 0 aromatic carbocycles. The van der Waals surface area contributed by atoms with Crippen LogP contribution < -0.4 is 16.0 Å². The largest absolute Gasteiger partial charge is 0.379 e. The summed E-state index contributed by atoms with van der Waals surface area (Å²) in [5.74, 6) is 1.23. The normalized spacial score (nSPS) is 41.1. The smallest absolute Gasteiger partial charge is 0.103 e. The van der Waals surface area contributed by atoms with Gasteiger partial charge < -0.3 is 15.7 Å². The van der Waals surface area contributed by atoms with Gasteiger partial charge in [-0.3, -0.25) is 5.32 Å². The SMILES string of the molecule is CC(O)NC1CC(C2CCCNC2Cl)CCN1. The highest BCUT2D eigenvalue weighted by Crippen LogP contribution is 2.33. The molecule has 0 aliphatic carbocycles. The third-order valence-corrected chi connectivity index (χ3v) is 4.40. The first-order valence-corrected chi connectivity index (χ1v) is 7.15. The standard InChI is InChI=1S/C12H24ClN3O/c1-8(17)16-11-7-9(4-6-14-11)10-3-2-5-15-12(10)13/h8-12,14-17H,2-7H2,1H3. The van der Waals surface area contributed by atoms with E-state index in [9.17, 15) is 5.11 Å². The van der Waals surface area contributed by atoms with Crippen LogP contribution in [0.25, 0.3) is 0 Å². The molecule has 2 aliphatic rings. The van der Waals surface area contributed by atoms with Gasteiger partial charge in [-0.05, 0) is 57.5 Å². The molecule has 2 rings (SSSR count). The second kappa shape index (κ2) is 6.34. The number of piperidine rings is 2. The number of alkyl halides is 1. The van der Waals surface area contributed by atoms with Crippen LogP contribution in [-0.2, 0) is 0 Å². The molecular formula is C12H24ClN3O. The van der Waals surface area contributed by atoms with Crippen LogP contribution in [0.15, 0.2) is 0 Å². The summed E-state index contributed by atoms with van der Waals surface area (Å²) in [5.41, 5.74) is 0.124. The van der Waals surface area contributed by atoms with Crippen LogP contribution >= 0.6 is 11.6 Å². The molecule has 2 saturated heterocycles. The van der Waals surface area contributed by atoms with Gasteiger partial charge in [-0.1, -0.05) is 0 Å². The van der Waals surface area contributed by atoms with Crippen molar-refractivity contribution in [1.29, 1.82) is 0 Å². The Balaban J connectivity index is 1.87. The van der Waals surface area contributed by atoms with Crippen molar-refractivity contribution in [2.45, 2.75) is 50.5 Å². The highest BCUT2D eigenvalue weighted by molar-refractivity contribution is 6.20. The van der Waals surface area contributed by atoms with Crippen molar-refractivity contribution in [3.63, 3.8) is 0 Å². The van der Waals surface area contributed by atoms with E-state index >= 15 is 0 Å². The lowest BCUT2D eigenvalue weighted by atomic mass is 9.79. The van der Waals surface area contributed by atoms with Crippen LogP contribution in [0.1, 0.15) is 32.6 Å². The summed E-state index contributed by atoms with van der Waals surface area (Å²) in [7, 11) is 0. The van der Waals surface area contributed by atoms with Gasteiger partial charge in [-0.25, -0.2) is 0 Å². The summed E-state index contributed by atoms with van der Waals surface area (Å²) < 4.78 is 0. The van der Waals surface area contributed by atoms with Gasteiger partial charge in [0.25, 0.3) is 0 Å². The van der Waals surface area contributed by atoms with Crippen LogP contribution in [0, 0.1) is 11.8 Å². The minimum Gasteiger partial charge on any atom is -0.379 e. The molecule has 0 spiro atoms. The van der Waals surface area contributed by atoms with Gasteiger partial charge in [0.05, 0.1) is 11.7 Å². The maximum absolute atomic E-state index is 9.36. The third-order valence-electron chi connectivity index (χ3n) is 3.92. The predicted molar refractivity (Wildman–Crippen MR) is 69.7 cm³/mol. The molecule has 2 aliphatic heterocycles. The molecule has 0 amide bonds. The van der Waals surface area contributed by atoms with Gasteiger partial charge in [-0.2, -0.15) is 0 Å². The van der Waals surface area contributed by atoms with E-state index in [2.05, 4.69) is 16.0 Å². The van der Waals surface area contributed by atoms with Crippen molar-refractivity contribution in [3.8, 4) is 0 Å². The van der Waals surface area contributed by atoms with E-state index in [0.29, 0.717) is 11.8 Å². The predicted octanol–water partition coefficient (Wildman–Crippen LogP) is 0.804. The number of halogens is 1. The van der Waals surface area contributed by atoms with E-state index in [1.807, 2.05) is 0 Å². The van der Waals surface area contributed by atoms with E-state index in [1.54, 1.807) is 6.92 Å². The van der Waals surface area contributed by atoms with Gasteiger partial charge >= 0.3 is 0 Å². The minimum absolute atomic E-state index is 0.124. The Morgan fingerprint density at radius 3 is 2.82 bits per heavy atom. The molecule has 0 aromatic rings. The zero-order valence-corrected chi connectivity index (χ0v) is 11.2. The first-order valence-electron chi connectivity index (χ1n) is 6.72. The molecule has 2 fully saturated rings. The first-order chi connectivity index (χ1) is 8.16. The Labute approximate surface area is 108 Å². The Kier molecular flexibility index (Phi) is 5.06. The zero-order valence-electron chi connectivity index (χ0n) is 10.5. The molecule has 2 heterocycles. The molecule has 0 aromatic heterocycles. The number of aliphatic hydroxyl groups is 1. The molecule has 100 valence electrons. The van der Waals surface area contributed by atoms with Gasteiger partial charge in [0.15, 0.2) is 0 Å². The number of rotatable bonds is 3. The fraction of sp³-hybridized carbons (Fsp3) is 1.00. The maximum atomic E-state index is 9.36. The van der Waals surface area contributed by atoms with Crippen molar-refractivity contribution in [1.82, 2.24) is 16.0 Å². The van der Waals surface area contributed by atoms with Crippen LogP contribution in [0.5, 0.6) is 0 Å². The maximum Gasteiger partial charge on any atom is 0.103 e. The van der Waals surface area contributed by atoms with E-state index < -0.39 is 6.23 Å². The molecule has 0 radical (unpaired) electrons. The number of nitrogens with one attached hydrogen (secondary N) is 3. The second-order valence-corrected chi connectivity index (χ2v) is 5.77. The summed E-state index contributed by atoms with van der Waals surface area (Å²) >= 11 is 6.37. The van der Waals surface area contributed by atoms with Crippen molar-refractivity contribution in [3.05, 3.63) is 0 Å². The van der Waals surface area contributed by atoms with Crippen LogP contribution in [0.3, 0.4) is 0 Å². The quantitative estimate of drug-likeness (QED) is 0.345. The molecule has 4 nitrogen and oxygen atoms in total. The van der Waals surface area contributed by atoms with Gasteiger partial charge in [0.1, 0.15) is 6.23 Å². The minimum atomic E-state index is -0.456. The van der Waals surface area contributed by atoms with E-state index in [1.165, 1.54) is 19.3 Å². The van der Waals surface area contributed by atoms with Crippen LogP contribution in [0.4, 0.5) is 0 Å². The van der Waals surface area contributed by atoms with Gasteiger partial charge in [0.2, 0.25) is 0 Å². The van der Waals surface area contributed by atoms with Crippen LogP contribution in [0.2, 0.25) is 0 Å². The Morgan fingerprint density at radius 2 is 2.12 bits per heavy atom. The van der Waals surface area contributed by atoms with E-state index in [0.717, 1.165) is 19.5 Å². The second-order valence-electron chi connectivity index (χ2n) is 5.30. The van der Waals surface area contributed by atoms with Crippen molar-refractivity contribution in [2.75, 3.05) is 13.1 Å². The zero-order chi connectivity index (χ0) is 12.3. The lowest BCUT2D eigenvalue weighted by Crippen LogP contribution is -2.53. The van der Waals surface area contributed by atoms with Gasteiger partial charge in [0, 0.05) is 0 Å². The Bertz CT molecular complexity index is 240. The summed E-state index contributed by atoms with van der Waals surface area (Å²) in [4.78, 5) is 0. The van der Waals surface area contributed by atoms with Crippen LogP contribution in [-0.4, -0.2) is 36.1 Å². The average molecular weight is 262 g/mol. The Morgan fingerprint density at radius 1 is 1.29 bits per heavy atom. The first kappa shape index (κ1) is 13.6. The topological polar surface area (TPSA) is 56.3 Å². The molecule has 5 unspecified atom stereocenters. The highest BCUT2D eigenvalue weighted by Gasteiger charge is 2.33. The molecular weight excluding hydrogens is 238 g/mol. The molecule has 5 heteroatoms. The average Bonchev–Trinajstić information content (AvgIpc) is 2.29. The lowest BCUT2D eigenvalue weighted by molar-refractivity contribution is 0.0974. The molecule has 0 saturated carbocycles. The monoisotopic (exact) mass is 261 g/mol. The third kappa shape index (κ3) is 3.80. The molecule has 17 heavy (non-hydrogen) atoms. The molecule has 4 N–H and O–H groups in total. The van der Waals surface area contributed by atoms with Gasteiger partial charge in [-0.15, -0.1) is 11.6 Å². The summed E-state index contributed by atoms with van der Waals surface area (Å²) in [6.07, 6.45) is 4.47. The fourth-order valence-electron chi connectivity index (χ4n) is 3.10. The summed E-state index contributed by atoms with van der Waals surface area (Å²) in [6.45, 7) is 3.82. The molecule has 5 atom stereocenters. The van der Waals surface area contributed by atoms with Crippen molar-refractivity contribution in [2.24, 2.45) is 11.8 Å². The summed E-state index contributed by atoms with van der Waals surface area (Å²) in [6, 6.07) is 0. The van der Waals surface area contributed by atoms with E-state index in [4.69, 9.17) is 11.6 Å². The number of aliphatic hydroxyl groups excluding tert-OH is 1. The Hall–Kier alpha value is 0.130. The molecule has 0 bridgehead atoms. The number of hydrogen-bond donors (Lipinski definition) is 4. The fourth-order valence-corrected chi connectivity index (χ4v) is 3.54.